The van der Waals surface area contributed by atoms with Gasteiger partial charge in [0.05, 0.1) is 11.6 Å². The van der Waals surface area contributed by atoms with Gasteiger partial charge < -0.3 is 10.1 Å². The van der Waals surface area contributed by atoms with E-state index in [-0.39, 0.29) is 42.1 Å². The smallest absolute Gasteiger partial charge is 0.422 e. The lowest BCUT2D eigenvalue weighted by atomic mass is 9.80. The fourth-order valence-corrected chi connectivity index (χ4v) is 3.02. The van der Waals surface area contributed by atoms with Crippen molar-refractivity contribution in [3.05, 3.63) is 23.2 Å². The van der Waals surface area contributed by atoms with Crippen LogP contribution in [0.15, 0.2) is 18.2 Å². The Hall–Kier alpha value is -1.64. The molecule has 1 N–H and O–H groups in total. The average Bonchev–Trinajstić information content (AvgIpc) is 2.52. The third-order valence-electron chi connectivity index (χ3n) is 4.10. The average molecular weight is 404 g/mol. The molecule has 0 aliphatic heterocycles. The molecule has 0 heterocycles. The standard InChI is InChI=1S/C16H16ClF6NO2/c17-11-4-5-13(26-8-15(18,19)20)12(7-11)24-14(25)9-2-1-3-10(6-9)16(21,22)23/h4-5,7,9-10H,1-3,6,8H2,(H,24,25). The minimum Gasteiger partial charge on any atom is -0.482 e. The fraction of sp³-hybridized carbons (Fsp3) is 0.562. The van der Waals surface area contributed by atoms with E-state index in [0.717, 1.165) is 6.07 Å². The summed E-state index contributed by atoms with van der Waals surface area (Å²) in [4.78, 5) is 12.3. The van der Waals surface area contributed by atoms with Gasteiger partial charge in [-0.1, -0.05) is 18.0 Å². The van der Waals surface area contributed by atoms with Crippen molar-refractivity contribution in [3.8, 4) is 5.75 Å². The predicted octanol–water partition coefficient (Wildman–Crippen LogP) is 5.59. The molecule has 146 valence electrons. The predicted molar refractivity (Wildman–Crippen MR) is 83.1 cm³/mol. The lowest BCUT2D eigenvalue weighted by Gasteiger charge is -2.29. The molecule has 1 aromatic carbocycles. The zero-order valence-corrected chi connectivity index (χ0v) is 14.1. The Bertz CT molecular complexity index is 647. The van der Waals surface area contributed by atoms with Crippen LogP contribution in [-0.4, -0.2) is 24.9 Å². The first kappa shape index (κ1) is 20.7. The molecule has 1 aliphatic carbocycles. The summed E-state index contributed by atoms with van der Waals surface area (Å²) in [5.74, 6) is -3.40. The van der Waals surface area contributed by atoms with Crippen molar-refractivity contribution >= 4 is 23.2 Å². The lowest BCUT2D eigenvalue weighted by molar-refractivity contribution is -0.185. The van der Waals surface area contributed by atoms with E-state index in [9.17, 15) is 31.1 Å². The van der Waals surface area contributed by atoms with Crippen molar-refractivity contribution in [2.75, 3.05) is 11.9 Å². The molecule has 0 spiro atoms. The number of ether oxygens (including phenoxy) is 1. The Kier molecular flexibility index (Phi) is 6.31. The summed E-state index contributed by atoms with van der Waals surface area (Å²) in [6, 6.07) is 3.63. The van der Waals surface area contributed by atoms with Crippen LogP contribution in [0.2, 0.25) is 5.02 Å². The first-order chi connectivity index (χ1) is 12.0. The van der Waals surface area contributed by atoms with Crippen LogP contribution < -0.4 is 10.1 Å². The van der Waals surface area contributed by atoms with Gasteiger partial charge in [-0.2, -0.15) is 26.3 Å². The van der Waals surface area contributed by atoms with Crippen LogP contribution in [0.4, 0.5) is 32.0 Å². The maximum atomic E-state index is 12.9. The number of rotatable bonds is 4. The highest BCUT2D eigenvalue weighted by atomic mass is 35.5. The van der Waals surface area contributed by atoms with Crippen molar-refractivity contribution in [1.29, 1.82) is 0 Å². The fourth-order valence-electron chi connectivity index (χ4n) is 2.85. The number of anilines is 1. The van der Waals surface area contributed by atoms with Gasteiger partial charge in [-0.05, 0) is 37.5 Å². The number of alkyl halides is 6. The summed E-state index contributed by atoms with van der Waals surface area (Å²) in [7, 11) is 0. The van der Waals surface area contributed by atoms with E-state index >= 15 is 0 Å². The van der Waals surface area contributed by atoms with Crippen molar-refractivity contribution in [2.24, 2.45) is 11.8 Å². The molecule has 3 nitrogen and oxygen atoms in total. The molecular weight excluding hydrogens is 388 g/mol. The van der Waals surface area contributed by atoms with Gasteiger partial charge in [-0.15, -0.1) is 0 Å². The molecule has 2 rings (SSSR count). The maximum Gasteiger partial charge on any atom is 0.422 e. The first-order valence-electron chi connectivity index (χ1n) is 7.82. The molecule has 2 atom stereocenters. The number of hydrogen-bond donors (Lipinski definition) is 1. The second kappa shape index (κ2) is 7.94. The highest BCUT2D eigenvalue weighted by Crippen LogP contribution is 2.40. The molecular formula is C16H16ClF6NO2. The van der Waals surface area contributed by atoms with Gasteiger partial charge in [0.1, 0.15) is 5.75 Å². The van der Waals surface area contributed by atoms with Gasteiger partial charge in [0.15, 0.2) is 6.61 Å². The Balaban J connectivity index is 2.09. The van der Waals surface area contributed by atoms with E-state index in [1.807, 2.05) is 0 Å². The van der Waals surface area contributed by atoms with E-state index in [2.05, 4.69) is 10.1 Å². The van der Waals surface area contributed by atoms with Crippen LogP contribution in [0, 0.1) is 11.8 Å². The normalized spacial score (nSPS) is 21.3. The van der Waals surface area contributed by atoms with E-state index < -0.39 is 36.7 Å². The SMILES string of the molecule is O=C(Nc1cc(Cl)ccc1OCC(F)(F)F)C1CCCC(C(F)(F)F)C1. The monoisotopic (exact) mass is 403 g/mol. The molecule has 0 bridgehead atoms. The van der Waals surface area contributed by atoms with Gasteiger partial charge in [0, 0.05) is 10.9 Å². The quantitative estimate of drug-likeness (QED) is 0.666. The molecule has 1 fully saturated rings. The number of amides is 1. The third kappa shape index (κ3) is 5.96. The summed E-state index contributed by atoms with van der Waals surface area (Å²) in [6.45, 7) is -1.57. The van der Waals surface area contributed by atoms with Crippen LogP contribution in [0.25, 0.3) is 0 Å². The first-order valence-corrected chi connectivity index (χ1v) is 8.20. The number of hydrogen-bond acceptors (Lipinski definition) is 2. The Morgan fingerprint density at radius 2 is 1.88 bits per heavy atom. The topological polar surface area (TPSA) is 38.3 Å². The number of halogens is 7. The molecule has 10 heteroatoms. The van der Waals surface area contributed by atoms with Crippen LogP contribution in [-0.2, 0) is 4.79 Å². The van der Waals surface area contributed by atoms with Crippen LogP contribution in [0.1, 0.15) is 25.7 Å². The van der Waals surface area contributed by atoms with Gasteiger partial charge in [-0.3, -0.25) is 4.79 Å². The molecule has 0 aromatic heterocycles. The van der Waals surface area contributed by atoms with Gasteiger partial charge in [0.2, 0.25) is 5.91 Å². The summed E-state index contributed by atoms with van der Waals surface area (Å²) in [5, 5.41) is 2.48. The summed E-state index contributed by atoms with van der Waals surface area (Å²) >= 11 is 5.78. The Morgan fingerprint density at radius 1 is 1.19 bits per heavy atom. The second-order valence-corrected chi connectivity index (χ2v) is 6.57. The lowest BCUT2D eigenvalue weighted by Crippen LogP contribution is -2.34. The summed E-state index contributed by atoms with van der Waals surface area (Å²) in [6.07, 6.45) is -8.83. The molecule has 1 aliphatic rings. The Labute approximate surface area is 150 Å². The molecule has 1 amide bonds. The van der Waals surface area contributed by atoms with Crippen LogP contribution in [0.3, 0.4) is 0 Å². The highest BCUT2D eigenvalue weighted by Gasteiger charge is 2.43. The van der Waals surface area contributed by atoms with Gasteiger partial charge in [0.25, 0.3) is 0 Å². The highest BCUT2D eigenvalue weighted by molar-refractivity contribution is 6.31. The Morgan fingerprint density at radius 3 is 2.50 bits per heavy atom. The van der Waals surface area contributed by atoms with Crippen LogP contribution >= 0.6 is 11.6 Å². The van der Waals surface area contributed by atoms with Crippen molar-refractivity contribution in [2.45, 2.75) is 38.0 Å². The molecule has 0 radical (unpaired) electrons. The minimum absolute atomic E-state index is 0.0373. The summed E-state index contributed by atoms with van der Waals surface area (Å²) in [5.41, 5.74) is -0.110. The largest absolute Gasteiger partial charge is 0.482 e. The number of nitrogens with one attached hydrogen (secondary N) is 1. The van der Waals surface area contributed by atoms with E-state index in [0.29, 0.717) is 0 Å². The molecule has 0 saturated heterocycles. The molecule has 1 saturated carbocycles. The number of benzene rings is 1. The number of carbonyl (C=O) groups is 1. The van der Waals surface area contributed by atoms with E-state index in [1.54, 1.807) is 0 Å². The van der Waals surface area contributed by atoms with E-state index in [4.69, 9.17) is 11.6 Å². The zero-order chi connectivity index (χ0) is 19.5. The minimum atomic E-state index is -4.58. The third-order valence-corrected chi connectivity index (χ3v) is 4.33. The van der Waals surface area contributed by atoms with Gasteiger partial charge >= 0.3 is 12.4 Å². The maximum absolute atomic E-state index is 12.9. The molecule has 26 heavy (non-hydrogen) atoms. The summed E-state index contributed by atoms with van der Waals surface area (Å²) < 4.78 is 80.2. The van der Waals surface area contributed by atoms with Crippen LogP contribution in [0.5, 0.6) is 5.75 Å². The number of carbonyl (C=O) groups excluding carboxylic acids is 1. The van der Waals surface area contributed by atoms with Gasteiger partial charge in [-0.25, -0.2) is 0 Å². The van der Waals surface area contributed by atoms with Crippen molar-refractivity contribution < 1.29 is 35.9 Å². The molecule has 1 aromatic rings. The van der Waals surface area contributed by atoms with Crippen molar-refractivity contribution in [1.82, 2.24) is 0 Å². The second-order valence-electron chi connectivity index (χ2n) is 6.14. The van der Waals surface area contributed by atoms with E-state index in [1.165, 1.54) is 12.1 Å². The zero-order valence-electron chi connectivity index (χ0n) is 13.4. The van der Waals surface area contributed by atoms with Crippen molar-refractivity contribution in [3.63, 3.8) is 0 Å². The molecule has 2 unspecified atom stereocenters.